The second-order valence-electron chi connectivity index (χ2n) is 7.52. The van der Waals surface area contributed by atoms with Gasteiger partial charge in [-0.25, -0.2) is 4.79 Å². The Kier molecular flexibility index (Phi) is 10.9. The summed E-state index contributed by atoms with van der Waals surface area (Å²) in [6.07, 6.45) is 0. The molecule has 3 aromatic carbocycles. The SMILES string of the molecule is CCOC(=O)c1ccc(OCC(=O)NNC(=S)NC(=O)c2ccc(OCCOc3ccccc3)cc2)cc1. The van der Waals surface area contributed by atoms with Crippen molar-refractivity contribution in [2.75, 3.05) is 26.4 Å². The lowest BCUT2D eigenvalue weighted by molar-refractivity contribution is -0.123. The van der Waals surface area contributed by atoms with Crippen LogP contribution in [0.3, 0.4) is 0 Å². The molecule has 0 atom stereocenters. The van der Waals surface area contributed by atoms with E-state index in [4.69, 9.17) is 31.2 Å². The Morgan fingerprint density at radius 1 is 0.711 bits per heavy atom. The fourth-order valence-electron chi connectivity index (χ4n) is 2.96. The van der Waals surface area contributed by atoms with Gasteiger partial charge in [0.1, 0.15) is 30.5 Å². The highest BCUT2D eigenvalue weighted by molar-refractivity contribution is 7.80. The van der Waals surface area contributed by atoms with Crippen LogP contribution in [0.2, 0.25) is 0 Å². The van der Waals surface area contributed by atoms with Crippen molar-refractivity contribution in [3.8, 4) is 17.2 Å². The second-order valence-corrected chi connectivity index (χ2v) is 7.93. The maximum absolute atomic E-state index is 12.4. The summed E-state index contributed by atoms with van der Waals surface area (Å²) in [5, 5.41) is 2.37. The first kappa shape index (κ1) is 27.9. The summed E-state index contributed by atoms with van der Waals surface area (Å²) in [4.78, 5) is 36.0. The first-order valence-electron chi connectivity index (χ1n) is 11.7. The van der Waals surface area contributed by atoms with Crippen LogP contribution in [0.4, 0.5) is 0 Å². The van der Waals surface area contributed by atoms with Crippen LogP contribution in [-0.4, -0.2) is 49.3 Å². The summed E-state index contributed by atoms with van der Waals surface area (Å²) in [6, 6.07) is 22.1. The molecular weight excluding hydrogens is 510 g/mol. The lowest BCUT2D eigenvalue weighted by atomic mass is 10.2. The van der Waals surface area contributed by atoms with Crippen molar-refractivity contribution in [2.24, 2.45) is 0 Å². The van der Waals surface area contributed by atoms with E-state index in [9.17, 15) is 14.4 Å². The molecule has 0 aliphatic carbocycles. The number of thiocarbonyl (C=S) groups is 1. The smallest absolute Gasteiger partial charge is 0.338 e. The number of carbonyl (C=O) groups excluding carboxylic acids is 3. The van der Waals surface area contributed by atoms with Gasteiger partial charge in [0.2, 0.25) is 0 Å². The number of carbonyl (C=O) groups is 3. The fraction of sp³-hybridized carbons (Fsp3) is 0.185. The molecule has 0 fully saturated rings. The van der Waals surface area contributed by atoms with Crippen molar-refractivity contribution in [1.82, 2.24) is 16.2 Å². The number of ether oxygens (including phenoxy) is 4. The van der Waals surface area contributed by atoms with Crippen molar-refractivity contribution in [2.45, 2.75) is 6.92 Å². The Morgan fingerprint density at radius 3 is 1.87 bits per heavy atom. The maximum Gasteiger partial charge on any atom is 0.338 e. The Morgan fingerprint density at radius 2 is 1.26 bits per heavy atom. The minimum atomic E-state index is -0.534. The van der Waals surface area contributed by atoms with Crippen LogP contribution in [-0.2, 0) is 9.53 Å². The minimum absolute atomic E-state index is 0.0967. The molecule has 198 valence electrons. The summed E-state index contributed by atoms with van der Waals surface area (Å²) in [7, 11) is 0. The second kappa shape index (κ2) is 14.8. The molecule has 0 aliphatic rings. The monoisotopic (exact) mass is 537 g/mol. The highest BCUT2D eigenvalue weighted by Gasteiger charge is 2.10. The molecule has 0 unspecified atom stereocenters. The standard InChI is InChI=1S/C27H27N3O7S/c1-2-34-26(33)20-10-14-23(15-11-20)37-18-24(31)29-30-27(38)28-25(32)19-8-12-22(13-9-19)36-17-16-35-21-6-4-3-5-7-21/h3-15H,2,16-18H2,1H3,(H,29,31)(H2,28,30,32,38). The highest BCUT2D eigenvalue weighted by atomic mass is 32.1. The van der Waals surface area contributed by atoms with Crippen molar-refractivity contribution >= 4 is 35.1 Å². The number of benzene rings is 3. The first-order chi connectivity index (χ1) is 18.4. The van der Waals surface area contributed by atoms with Gasteiger partial charge in [-0.1, -0.05) is 18.2 Å². The van der Waals surface area contributed by atoms with E-state index in [0.717, 1.165) is 5.75 Å². The van der Waals surface area contributed by atoms with E-state index in [-0.39, 0.29) is 18.3 Å². The van der Waals surface area contributed by atoms with E-state index < -0.39 is 17.8 Å². The van der Waals surface area contributed by atoms with Crippen LogP contribution < -0.4 is 30.4 Å². The Balaban J connectivity index is 1.32. The van der Waals surface area contributed by atoms with Gasteiger partial charge < -0.3 is 18.9 Å². The normalized spacial score (nSPS) is 10.0. The number of rotatable bonds is 11. The molecule has 0 saturated heterocycles. The van der Waals surface area contributed by atoms with E-state index >= 15 is 0 Å². The predicted octanol–water partition coefficient (Wildman–Crippen LogP) is 3.04. The zero-order chi connectivity index (χ0) is 27.2. The molecule has 10 nitrogen and oxygen atoms in total. The van der Waals surface area contributed by atoms with Gasteiger partial charge in [-0.05, 0) is 79.8 Å². The molecular formula is C27H27N3O7S. The van der Waals surface area contributed by atoms with E-state index in [1.54, 1.807) is 43.3 Å². The Hall–Kier alpha value is -4.64. The molecule has 3 rings (SSSR count). The molecule has 0 heterocycles. The minimum Gasteiger partial charge on any atom is -0.490 e. The van der Waals surface area contributed by atoms with Crippen LogP contribution in [0.25, 0.3) is 0 Å². The predicted molar refractivity (Wildman–Crippen MR) is 143 cm³/mol. The van der Waals surface area contributed by atoms with E-state index in [2.05, 4.69) is 16.2 Å². The molecule has 11 heteroatoms. The van der Waals surface area contributed by atoms with Crippen LogP contribution in [0.5, 0.6) is 17.2 Å². The zero-order valence-corrected chi connectivity index (χ0v) is 21.4. The number of para-hydroxylation sites is 1. The number of hydrogen-bond donors (Lipinski definition) is 3. The number of nitrogens with one attached hydrogen (secondary N) is 3. The van der Waals surface area contributed by atoms with Gasteiger partial charge in [-0.2, -0.15) is 0 Å². The molecule has 0 aliphatic heterocycles. The van der Waals surface area contributed by atoms with Crippen LogP contribution >= 0.6 is 12.2 Å². The van der Waals surface area contributed by atoms with E-state index in [1.165, 1.54) is 12.1 Å². The van der Waals surface area contributed by atoms with E-state index in [1.807, 2.05) is 30.3 Å². The first-order valence-corrected chi connectivity index (χ1v) is 12.1. The molecule has 0 radical (unpaired) electrons. The van der Waals surface area contributed by atoms with E-state index in [0.29, 0.717) is 35.8 Å². The third kappa shape index (κ3) is 9.43. The van der Waals surface area contributed by atoms with Crippen LogP contribution in [0.15, 0.2) is 78.9 Å². The molecule has 0 saturated carbocycles. The van der Waals surface area contributed by atoms with Gasteiger partial charge in [-0.15, -0.1) is 0 Å². The quantitative estimate of drug-likeness (QED) is 0.147. The van der Waals surface area contributed by atoms with Crippen molar-refractivity contribution in [1.29, 1.82) is 0 Å². The van der Waals surface area contributed by atoms with Crippen LogP contribution in [0, 0.1) is 0 Å². The number of hydrogen-bond acceptors (Lipinski definition) is 8. The topological polar surface area (TPSA) is 124 Å². The van der Waals surface area contributed by atoms with Crippen LogP contribution in [0.1, 0.15) is 27.6 Å². The molecule has 3 aromatic rings. The number of hydrazine groups is 1. The molecule has 0 bridgehead atoms. The third-order valence-corrected chi connectivity index (χ3v) is 4.96. The Labute approximate surface area is 225 Å². The van der Waals surface area contributed by atoms with Gasteiger partial charge in [-0.3, -0.25) is 25.8 Å². The lowest BCUT2D eigenvalue weighted by Crippen LogP contribution is -2.49. The van der Waals surface area contributed by atoms with Gasteiger partial charge >= 0.3 is 5.97 Å². The molecule has 2 amide bonds. The number of amides is 2. The van der Waals surface area contributed by atoms with Crippen molar-refractivity contribution < 1.29 is 33.3 Å². The highest BCUT2D eigenvalue weighted by Crippen LogP contribution is 2.14. The largest absolute Gasteiger partial charge is 0.490 e. The van der Waals surface area contributed by atoms with Gasteiger partial charge in [0.05, 0.1) is 12.2 Å². The van der Waals surface area contributed by atoms with Gasteiger partial charge in [0.15, 0.2) is 11.7 Å². The average molecular weight is 538 g/mol. The lowest BCUT2D eigenvalue weighted by Gasteiger charge is -2.12. The summed E-state index contributed by atoms with van der Waals surface area (Å²) in [6.45, 7) is 2.40. The third-order valence-electron chi connectivity index (χ3n) is 4.76. The van der Waals surface area contributed by atoms with Gasteiger partial charge in [0, 0.05) is 5.56 Å². The zero-order valence-electron chi connectivity index (χ0n) is 20.6. The summed E-state index contributed by atoms with van der Waals surface area (Å²) in [5.74, 6) is 0.299. The Bertz CT molecular complexity index is 1220. The number of esters is 1. The van der Waals surface area contributed by atoms with Gasteiger partial charge in [0.25, 0.3) is 11.8 Å². The summed E-state index contributed by atoms with van der Waals surface area (Å²) >= 11 is 5.04. The molecule has 3 N–H and O–H groups in total. The fourth-order valence-corrected chi connectivity index (χ4v) is 3.10. The molecule has 0 spiro atoms. The maximum atomic E-state index is 12.4. The average Bonchev–Trinajstić information content (AvgIpc) is 2.94. The molecule has 38 heavy (non-hydrogen) atoms. The summed E-state index contributed by atoms with van der Waals surface area (Å²) in [5.41, 5.74) is 5.49. The molecule has 0 aromatic heterocycles. The van der Waals surface area contributed by atoms with Crippen molar-refractivity contribution in [3.63, 3.8) is 0 Å². The van der Waals surface area contributed by atoms with Crippen molar-refractivity contribution in [3.05, 3.63) is 90.0 Å². The summed E-state index contributed by atoms with van der Waals surface area (Å²) < 4.78 is 21.4.